The number of nitrogens with zero attached hydrogens (tertiary/aromatic N) is 1. The largest absolute Gasteiger partial charge is 0.396 e. The topological polar surface area (TPSA) is 52.6 Å². The van der Waals surface area contributed by atoms with Gasteiger partial charge in [-0.1, -0.05) is 19.8 Å². The number of carbonyl (C=O) groups excluding carboxylic acids is 1. The molecule has 1 rings (SSSR count). The van der Waals surface area contributed by atoms with Gasteiger partial charge < -0.3 is 10.4 Å². The second kappa shape index (κ2) is 8.48. The maximum Gasteiger partial charge on any atom is 0.237 e. The van der Waals surface area contributed by atoms with Crippen LogP contribution in [0, 0.1) is 5.92 Å². The van der Waals surface area contributed by atoms with Crippen molar-refractivity contribution in [3.63, 3.8) is 0 Å². The molecular formula is C14H28N2O2. The molecule has 0 radical (unpaired) electrons. The van der Waals surface area contributed by atoms with Crippen molar-refractivity contribution < 1.29 is 9.90 Å². The summed E-state index contributed by atoms with van der Waals surface area (Å²) in [7, 11) is 0. The maximum absolute atomic E-state index is 12.0. The molecule has 0 aromatic heterocycles. The fourth-order valence-electron chi connectivity index (χ4n) is 2.53. The molecule has 2 atom stereocenters. The van der Waals surface area contributed by atoms with E-state index in [1.807, 2.05) is 6.92 Å². The SMILES string of the molecule is CCCCCNC(=O)C(C)N1CCC(CCO)C1. The number of unbranched alkanes of at least 4 members (excludes halogenated alkanes) is 2. The lowest BCUT2D eigenvalue weighted by Crippen LogP contribution is -2.44. The molecule has 0 aliphatic carbocycles. The van der Waals surface area contributed by atoms with E-state index in [1.165, 1.54) is 12.8 Å². The highest BCUT2D eigenvalue weighted by molar-refractivity contribution is 5.81. The van der Waals surface area contributed by atoms with E-state index in [4.69, 9.17) is 5.11 Å². The number of hydrogen-bond acceptors (Lipinski definition) is 3. The first kappa shape index (κ1) is 15.4. The van der Waals surface area contributed by atoms with Gasteiger partial charge in [0.1, 0.15) is 0 Å². The Morgan fingerprint density at radius 2 is 2.28 bits per heavy atom. The Morgan fingerprint density at radius 3 is 2.94 bits per heavy atom. The quantitative estimate of drug-likeness (QED) is 0.645. The van der Waals surface area contributed by atoms with Crippen molar-refractivity contribution in [1.29, 1.82) is 0 Å². The molecule has 0 aromatic rings. The van der Waals surface area contributed by atoms with E-state index in [-0.39, 0.29) is 18.6 Å². The normalized spacial score (nSPS) is 22.1. The van der Waals surface area contributed by atoms with Crippen LogP contribution in [0.15, 0.2) is 0 Å². The Labute approximate surface area is 111 Å². The third-order valence-electron chi connectivity index (χ3n) is 3.86. The minimum Gasteiger partial charge on any atom is -0.396 e. The van der Waals surface area contributed by atoms with Crippen LogP contribution in [0.1, 0.15) is 46.0 Å². The summed E-state index contributed by atoms with van der Waals surface area (Å²) >= 11 is 0. The number of carbonyl (C=O) groups is 1. The van der Waals surface area contributed by atoms with E-state index in [1.54, 1.807) is 0 Å². The van der Waals surface area contributed by atoms with Crippen LogP contribution in [-0.4, -0.2) is 48.2 Å². The minimum atomic E-state index is -0.0321. The smallest absolute Gasteiger partial charge is 0.237 e. The molecule has 2 N–H and O–H groups in total. The molecule has 2 unspecified atom stereocenters. The summed E-state index contributed by atoms with van der Waals surface area (Å²) in [5.74, 6) is 0.709. The van der Waals surface area contributed by atoms with Crippen molar-refractivity contribution in [1.82, 2.24) is 10.2 Å². The summed E-state index contributed by atoms with van der Waals surface area (Å²) in [5.41, 5.74) is 0. The fourth-order valence-corrected chi connectivity index (χ4v) is 2.53. The second-order valence-electron chi connectivity index (χ2n) is 5.34. The second-order valence-corrected chi connectivity index (χ2v) is 5.34. The molecule has 4 nitrogen and oxygen atoms in total. The molecular weight excluding hydrogens is 228 g/mol. The number of likely N-dealkylation sites (tertiary alicyclic amines) is 1. The van der Waals surface area contributed by atoms with E-state index in [2.05, 4.69) is 17.1 Å². The average molecular weight is 256 g/mol. The highest BCUT2D eigenvalue weighted by atomic mass is 16.3. The molecule has 4 heteroatoms. The van der Waals surface area contributed by atoms with Crippen molar-refractivity contribution in [2.75, 3.05) is 26.2 Å². The van der Waals surface area contributed by atoms with Crippen LogP contribution in [0.4, 0.5) is 0 Å². The van der Waals surface area contributed by atoms with Gasteiger partial charge in [-0.05, 0) is 38.6 Å². The molecule has 1 saturated heterocycles. The lowest BCUT2D eigenvalue weighted by Gasteiger charge is -2.23. The number of aliphatic hydroxyl groups is 1. The van der Waals surface area contributed by atoms with Crippen LogP contribution < -0.4 is 5.32 Å². The molecule has 0 spiro atoms. The predicted octanol–water partition coefficient (Wildman–Crippen LogP) is 1.39. The van der Waals surface area contributed by atoms with Crippen molar-refractivity contribution in [3.8, 4) is 0 Å². The standard InChI is InChI=1S/C14H28N2O2/c1-3-4-5-8-15-14(18)12(2)16-9-6-13(11-16)7-10-17/h12-13,17H,3-11H2,1-2H3,(H,15,18). The third kappa shape index (κ3) is 4.94. The van der Waals surface area contributed by atoms with E-state index in [0.29, 0.717) is 5.92 Å². The molecule has 1 aliphatic heterocycles. The Hall–Kier alpha value is -0.610. The minimum absolute atomic E-state index is 0.0321. The van der Waals surface area contributed by atoms with Gasteiger partial charge in [-0.2, -0.15) is 0 Å². The number of hydrogen-bond donors (Lipinski definition) is 2. The lowest BCUT2D eigenvalue weighted by molar-refractivity contribution is -0.125. The highest BCUT2D eigenvalue weighted by Crippen LogP contribution is 2.21. The van der Waals surface area contributed by atoms with Crippen LogP contribution in [0.25, 0.3) is 0 Å². The maximum atomic E-state index is 12.0. The third-order valence-corrected chi connectivity index (χ3v) is 3.86. The lowest BCUT2D eigenvalue weighted by atomic mass is 10.1. The number of nitrogens with one attached hydrogen (secondary N) is 1. The molecule has 1 aliphatic rings. The fraction of sp³-hybridized carbons (Fsp3) is 0.929. The summed E-state index contributed by atoms with van der Waals surface area (Å²) in [6.45, 7) is 7.13. The van der Waals surface area contributed by atoms with Crippen LogP contribution in [-0.2, 0) is 4.79 Å². The molecule has 1 heterocycles. The molecule has 1 amide bonds. The first-order valence-electron chi connectivity index (χ1n) is 7.31. The van der Waals surface area contributed by atoms with Crippen molar-refractivity contribution in [3.05, 3.63) is 0 Å². The Balaban J connectivity index is 2.22. The number of rotatable bonds is 8. The van der Waals surface area contributed by atoms with Gasteiger partial charge in [0.05, 0.1) is 6.04 Å². The van der Waals surface area contributed by atoms with Gasteiger partial charge in [-0.25, -0.2) is 0 Å². The summed E-state index contributed by atoms with van der Waals surface area (Å²) in [6.07, 6.45) is 5.40. The monoisotopic (exact) mass is 256 g/mol. The predicted molar refractivity (Wildman–Crippen MR) is 73.4 cm³/mol. The summed E-state index contributed by atoms with van der Waals surface area (Å²) < 4.78 is 0. The highest BCUT2D eigenvalue weighted by Gasteiger charge is 2.28. The molecule has 18 heavy (non-hydrogen) atoms. The molecule has 0 aromatic carbocycles. The number of aliphatic hydroxyl groups excluding tert-OH is 1. The summed E-state index contributed by atoms with van der Waals surface area (Å²) in [4.78, 5) is 14.2. The Bertz CT molecular complexity index is 246. The van der Waals surface area contributed by atoms with E-state index >= 15 is 0 Å². The number of amides is 1. The zero-order valence-corrected chi connectivity index (χ0v) is 11.8. The van der Waals surface area contributed by atoms with Gasteiger partial charge in [-0.3, -0.25) is 9.69 Å². The molecule has 106 valence electrons. The van der Waals surface area contributed by atoms with Gasteiger partial charge in [0.2, 0.25) is 5.91 Å². The van der Waals surface area contributed by atoms with Gasteiger partial charge in [0, 0.05) is 19.7 Å². The van der Waals surface area contributed by atoms with Crippen LogP contribution in [0.2, 0.25) is 0 Å². The van der Waals surface area contributed by atoms with Crippen molar-refractivity contribution in [2.24, 2.45) is 5.92 Å². The zero-order valence-electron chi connectivity index (χ0n) is 11.8. The van der Waals surface area contributed by atoms with Gasteiger partial charge in [0.25, 0.3) is 0 Å². The average Bonchev–Trinajstić information content (AvgIpc) is 2.82. The van der Waals surface area contributed by atoms with Gasteiger partial charge >= 0.3 is 0 Å². The van der Waals surface area contributed by atoms with E-state index in [0.717, 1.165) is 38.9 Å². The zero-order chi connectivity index (χ0) is 13.4. The summed E-state index contributed by atoms with van der Waals surface area (Å²) in [5, 5.41) is 11.9. The van der Waals surface area contributed by atoms with Crippen molar-refractivity contribution in [2.45, 2.75) is 52.0 Å². The van der Waals surface area contributed by atoms with E-state index in [9.17, 15) is 4.79 Å². The van der Waals surface area contributed by atoms with Gasteiger partial charge in [-0.15, -0.1) is 0 Å². The Morgan fingerprint density at radius 1 is 1.50 bits per heavy atom. The molecule has 1 fully saturated rings. The first-order valence-corrected chi connectivity index (χ1v) is 7.31. The van der Waals surface area contributed by atoms with Gasteiger partial charge in [0.15, 0.2) is 0 Å². The van der Waals surface area contributed by atoms with Crippen LogP contribution in [0.3, 0.4) is 0 Å². The first-order chi connectivity index (χ1) is 8.69. The van der Waals surface area contributed by atoms with Crippen LogP contribution >= 0.6 is 0 Å². The van der Waals surface area contributed by atoms with E-state index < -0.39 is 0 Å². The Kier molecular flexibility index (Phi) is 7.28. The molecule has 0 bridgehead atoms. The molecule has 0 saturated carbocycles. The van der Waals surface area contributed by atoms with Crippen LogP contribution in [0.5, 0.6) is 0 Å². The van der Waals surface area contributed by atoms with Crippen molar-refractivity contribution >= 4 is 5.91 Å². The summed E-state index contributed by atoms with van der Waals surface area (Å²) in [6, 6.07) is -0.0321.